The first-order valence-corrected chi connectivity index (χ1v) is 14.3. The van der Waals surface area contributed by atoms with E-state index in [1.54, 1.807) is 20.0 Å². The molecule has 6 N–H and O–H groups in total. The fraction of sp³-hybridized carbons (Fsp3) is 0.630. The molecule has 3 atom stereocenters. The summed E-state index contributed by atoms with van der Waals surface area (Å²) in [6.45, 7) is 9.09. The minimum absolute atomic E-state index is 0.140. The van der Waals surface area contributed by atoms with Crippen molar-refractivity contribution in [1.82, 2.24) is 25.3 Å². The van der Waals surface area contributed by atoms with E-state index in [-0.39, 0.29) is 12.0 Å². The lowest BCUT2D eigenvalue weighted by atomic mass is 9.87. The van der Waals surface area contributed by atoms with Crippen LogP contribution in [0.2, 0.25) is 0 Å². The summed E-state index contributed by atoms with van der Waals surface area (Å²) in [6, 6.07) is 1.93. The van der Waals surface area contributed by atoms with Gasteiger partial charge in [0, 0.05) is 37.4 Å². The number of pyridine rings is 1. The zero-order valence-corrected chi connectivity index (χ0v) is 24.0. The van der Waals surface area contributed by atoms with Crippen molar-refractivity contribution in [2.75, 3.05) is 37.4 Å². The molecule has 1 aliphatic heterocycles. The van der Waals surface area contributed by atoms with Crippen LogP contribution >= 0.6 is 11.3 Å². The van der Waals surface area contributed by atoms with Crippen molar-refractivity contribution in [1.29, 1.82) is 0 Å². The van der Waals surface area contributed by atoms with E-state index < -0.39 is 23.3 Å². The van der Waals surface area contributed by atoms with Crippen LogP contribution in [0.1, 0.15) is 50.9 Å². The third-order valence-corrected chi connectivity index (χ3v) is 9.35. The summed E-state index contributed by atoms with van der Waals surface area (Å²) in [5.41, 5.74) is 0.00165. The quantitative estimate of drug-likeness (QED) is 0.226. The molecule has 2 fully saturated rings. The average Bonchev–Trinajstić information content (AvgIpc) is 3.44. The number of nitrogens with one attached hydrogen (secondary N) is 3. The van der Waals surface area contributed by atoms with Crippen LogP contribution in [0.4, 0.5) is 11.8 Å². The van der Waals surface area contributed by atoms with Gasteiger partial charge >= 0.3 is 0 Å². The highest BCUT2D eigenvalue weighted by atomic mass is 32.1. The van der Waals surface area contributed by atoms with Gasteiger partial charge in [-0.25, -0.2) is 9.97 Å². The fourth-order valence-electron chi connectivity index (χ4n) is 5.71. The normalized spacial score (nSPS) is 25.2. The van der Waals surface area contributed by atoms with Crippen LogP contribution in [0, 0.1) is 19.8 Å². The number of ether oxygens (including phenoxy) is 1. The van der Waals surface area contributed by atoms with E-state index >= 15 is 0 Å². The van der Waals surface area contributed by atoms with Gasteiger partial charge in [-0.2, -0.15) is 4.98 Å². The third kappa shape index (κ3) is 5.46. The van der Waals surface area contributed by atoms with Crippen LogP contribution in [0.25, 0.3) is 20.8 Å². The number of nitrogens with zero attached hydrogens (tertiary/aromatic N) is 4. The van der Waals surface area contributed by atoms with E-state index in [1.807, 2.05) is 27.0 Å². The monoisotopic (exact) mass is 557 g/mol. The second kappa shape index (κ2) is 10.5. The number of hydrogen-bond acceptors (Lipinski definition) is 12. The number of hydrogen-bond donors (Lipinski definition) is 6. The maximum atomic E-state index is 11.6. The summed E-state index contributed by atoms with van der Waals surface area (Å²) in [6.07, 6.45) is 2.99. The molecule has 2 aliphatic rings. The summed E-state index contributed by atoms with van der Waals surface area (Å²) < 4.78 is 6.54. The van der Waals surface area contributed by atoms with Crippen molar-refractivity contribution >= 4 is 33.3 Å². The van der Waals surface area contributed by atoms with E-state index in [0.717, 1.165) is 28.8 Å². The number of fused-ring (bicyclic) bond motifs is 1. The van der Waals surface area contributed by atoms with Crippen LogP contribution in [0.5, 0.6) is 0 Å². The number of aromatic nitrogens is 4. The number of likely N-dealkylation sites (N-methyl/N-ethyl adjacent to an activating group) is 1. The van der Waals surface area contributed by atoms with Crippen molar-refractivity contribution in [3.8, 4) is 10.6 Å². The van der Waals surface area contributed by atoms with Crippen LogP contribution in [-0.4, -0.2) is 85.0 Å². The van der Waals surface area contributed by atoms with Gasteiger partial charge in [0.2, 0.25) is 5.95 Å². The minimum Gasteiger partial charge on any atom is -0.390 e. The Morgan fingerprint density at radius 1 is 1.13 bits per heavy atom. The van der Waals surface area contributed by atoms with Gasteiger partial charge in [0.05, 0.1) is 27.3 Å². The highest BCUT2D eigenvalue weighted by Gasteiger charge is 2.52. The Hall–Kier alpha value is -2.48. The molecule has 0 bridgehead atoms. The molecular formula is C27H39N7O4S. The van der Waals surface area contributed by atoms with Gasteiger partial charge in [0.25, 0.3) is 0 Å². The van der Waals surface area contributed by atoms with Gasteiger partial charge in [-0.1, -0.05) is 0 Å². The van der Waals surface area contributed by atoms with Gasteiger partial charge < -0.3 is 36.0 Å². The van der Waals surface area contributed by atoms with Gasteiger partial charge in [-0.3, -0.25) is 4.98 Å². The predicted molar refractivity (Wildman–Crippen MR) is 152 cm³/mol. The SMILES string of the molecule is CNC1(CNc2nc(C)c(-c3nc4c(C)nccc4s3)c(NC3(O)CCC(C(C)(C)O)C3O)n2)CCOCC1. The van der Waals surface area contributed by atoms with Gasteiger partial charge in [0.15, 0.2) is 5.72 Å². The standard InChI is InChI=1S/C27H39N7O4S/c1-15-19(23-32-20-16(2)29-11-7-18(20)39-23)22(34-27(37)8-6-17(21(27)35)25(3,4)36)33-24(31-15)30-14-26(28-5)9-12-38-13-10-26/h7,11,17,21,28,35-37H,6,8-10,12-14H2,1-5H3,(H2,30,31,33,34). The van der Waals surface area contributed by atoms with Crippen molar-refractivity contribution in [3.05, 3.63) is 23.7 Å². The molecule has 3 aromatic heterocycles. The second-order valence-corrected chi connectivity index (χ2v) is 12.4. The summed E-state index contributed by atoms with van der Waals surface area (Å²) >= 11 is 1.50. The number of rotatable bonds is 8. The summed E-state index contributed by atoms with van der Waals surface area (Å²) in [7, 11) is 1.95. The van der Waals surface area contributed by atoms with E-state index in [0.29, 0.717) is 54.2 Å². The lowest BCUT2D eigenvalue weighted by Gasteiger charge is -2.37. The van der Waals surface area contributed by atoms with E-state index in [4.69, 9.17) is 19.7 Å². The molecular weight excluding hydrogens is 518 g/mol. The van der Waals surface area contributed by atoms with Crippen LogP contribution < -0.4 is 16.0 Å². The Balaban J connectivity index is 1.53. The molecule has 3 unspecified atom stereocenters. The van der Waals surface area contributed by atoms with Crippen molar-refractivity contribution < 1.29 is 20.1 Å². The molecule has 39 heavy (non-hydrogen) atoms. The molecule has 1 saturated heterocycles. The Morgan fingerprint density at radius 3 is 2.51 bits per heavy atom. The van der Waals surface area contributed by atoms with E-state index in [2.05, 4.69) is 20.9 Å². The molecule has 0 radical (unpaired) electrons. The van der Waals surface area contributed by atoms with E-state index in [9.17, 15) is 15.3 Å². The van der Waals surface area contributed by atoms with Crippen LogP contribution in [-0.2, 0) is 4.74 Å². The lowest BCUT2D eigenvalue weighted by Crippen LogP contribution is -2.52. The Morgan fingerprint density at radius 2 is 1.87 bits per heavy atom. The number of thiazole rings is 1. The molecule has 5 rings (SSSR count). The Bertz CT molecular complexity index is 1340. The average molecular weight is 558 g/mol. The van der Waals surface area contributed by atoms with Crippen LogP contribution in [0.15, 0.2) is 12.3 Å². The Labute approximate surface area is 232 Å². The first kappa shape index (κ1) is 28.1. The van der Waals surface area contributed by atoms with Gasteiger partial charge in [-0.15, -0.1) is 11.3 Å². The van der Waals surface area contributed by atoms with Crippen molar-refractivity contribution in [3.63, 3.8) is 0 Å². The van der Waals surface area contributed by atoms with Gasteiger partial charge in [0.1, 0.15) is 22.4 Å². The topological polar surface area (TPSA) is 158 Å². The third-order valence-electron chi connectivity index (χ3n) is 8.31. The molecule has 1 saturated carbocycles. The molecule has 1 aliphatic carbocycles. The highest BCUT2D eigenvalue weighted by Crippen LogP contribution is 2.43. The first-order valence-electron chi connectivity index (χ1n) is 13.5. The van der Waals surface area contributed by atoms with Crippen molar-refractivity contribution in [2.24, 2.45) is 5.92 Å². The summed E-state index contributed by atoms with van der Waals surface area (Å²) in [4.78, 5) is 18.8. The molecule has 12 heteroatoms. The first-order chi connectivity index (χ1) is 18.4. The van der Waals surface area contributed by atoms with Gasteiger partial charge in [-0.05, 0) is 66.5 Å². The van der Waals surface area contributed by atoms with Crippen LogP contribution in [0.3, 0.4) is 0 Å². The Kier molecular flexibility index (Phi) is 7.55. The molecule has 11 nitrogen and oxygen atoms in total. The van der Waals surface area contributed by atoms with Crippen molar-refractivity contribution in [2.45, 2.75) is 76.3 Å². The molecule has 0 amide bonds. The maximum Gasteiger partial charge on any atom is 0.224 e. The zero-order chi connectivity index (χ0) is 28.0. The molecule has 212 valence electrons. The van der Waals surface area contributed by atoms with E-state index in [1.165, 1.54) is 11.3 Å². The summed E-state index contributed by atoms with van der Waals surface area (Å²) in [5.74, 6) is 0.284. The zero-order valence-electron chi connectivity index (χ0n) is 23.2. The lowest BCUT2D eigenvalue weighted by molar-refractivity contribution is -0.0926. The summed E-state index contributed by atoms with van der Waals surface area (Å²) in [5, 5.41) is 44.0. The number of aryl methyl sites for hydroxylation is 2. The number of anilines is 2. The smallest absolute Gasteiger partial charge is 0.224 e. The highest BCUT2D eigenvalue weighted by molar-refractivity contribution is 7.21. The predicted octanol–water partition coefficient (Wildman–Crippen LogP) is 2.59. The molecule has 0 aromatic carbocycles. The molecule has 3 aromatic rings. The minimum atomic E-state index is -1.68. The maximum absolute atomic E-state index is 11.6. The molecule has 4 heterocycles. The number of aliphatic hydroxyl groups is 3. The largest absolute Gasteiger partial charge is 0.390 e. The number of aliphatic hydroxyl groups excluding tert-OH is 1. The second-order valence-electron chi connectivity index (χ2n) is 11.4. The molecule has 0 spiro atoms. The fourth-order valence-corrected chi connectivity index (χ4v) is 6.82.